The first-order chi connectivity index (χ1) is 9.18. The Labute approximate surface area is 134 Å². The molecule has 0 fully saturated rings. The zero-order chi connectivity index (χ0) is 15.7. The van der Waals surface area contributed by atoms with Gasteiger partial charge in [-0.05, 0) is 57.3 Å². The summed E-state index contributed by atoms with van der Waals surface area (Å²) >= 11 is 6.63. The van der Waals surface area contributed by atoms with Gasteiger partial charge in [0, 0.05) is 10.5 Å². The van der Waals surface area contributed by atoms with Gasteiger partial charge in [-0.15, -0.1) is 0 Å². The molecule has 0 aliphatic rings. The van der Waals surface area contributed by atoms with E-state index in [1.807, 2.05) is 0 Å². The second kappa shape index (κ2) is 6.32. The zero-order valence-corrected chi connectivity index (χ0v) is 14.8. The number of phenolic OH excluding ortho intramolecular Hbond substituents is 1. The smallest absolute Gasteiger partial charge is 0.313 e. The van der Waals surface area contributed by atoms with Crippen LogP contribution < -0.4 is 10.5 Å². The molecular weight excluding hydrogens is 394 g/mol. The average molecular weight is 411 g/mol. The van der Waals surface area contributed by atoms with Crippen LogP contribution >= 0.6 is 31.9 Å². The maximum absolute atomic E-state index is 11.9. The molecule has 7 heteroatoms. The van der Waals surface area contributed by atoms with Crippen molar-refractivity contribution in [3.63, 3.8) is 0 Å². The molecule has 0 bridgehead atoms. The first-order valence-corrected chi connectivity index (χ1v) is 7.35. The molecule has 20 heavy (non-hydrogen) atoms. The second-order valence-electron chi connectivity index (χ2n) is 4.84. The molecule has 5 nitrogen and oxygen atoms in total. The van der Waals surface area contributed by atoms with Crippen LogP contribution in [0.4, 0.5) is 0 Å². The van der Waals surface area contributed by atoms with Crippen molar-refractivity contribution in [2.45, 2.75) is 19.9 Å². The number of benzene rings is 1. The summed E-state index contributed by atoms with van der Waals surface area (Å²) in [6.45, 7) is 3.40. The normalized spacial score (nSPS) is 12.9. The van der Waals surface area contributed by atoms with Crippen LogP contribution in [-0.4, -0.2) is 25.3 Å². The largest absolute Gasteiger partial charge is 0.503 e. The van der Waals surface area contributed by atoms with Gasteiger partial charge in [-0.1, -0.05) is 0 Å². The van der Waals surface area contributed by atoms with Gasteiger partial charge < -0.3 is 20.3 Å². The van der Waals surface area contributed by atoms with E-state index in [4.69, 9.17) is 15.2 Å². The van der Waals surface area contributed by atoms with Crippen molar-refractivity contribution in [1.82, 2.24) is 0 Å². The van der Waals surface area contributed by atoms with Crippen LogP contribution in [0.1, 0.15) is 25.5 Å². The Balaban J connectivity index is 3.40. The molecule has 0 radical (unpaired) electrons. The Morgan fingerprint density at radius 3 is 2.35 bits per heavy atom. The number of hydrogen-bond donors (Lipinski definition) is 2. The summed E-state index contributed by atoms with van der Waals surface area (Å²) in [5, 5.41) is 9.91. The lowest BCUT2D eigenvalue weighted by Gasteiger charge is -2.30. The number of halogens is 2. The fraction of sp³-hybridized carbons (Fsp3) is 0.462. The fourth-order valence-electron chi connectivity index (χ4n) is 1.77. The highest BCUT2D eigenvalue weighted by Gasteiger charge is 2.38. The molecule has 1 aromatic carbocycles. The van der Waals surface area contributed by atoms with E-state index in [2.05, 4.69) is 31.9 Å². The summed E-state index contributed by atoms with van der Waals surface area (Å²) in [6, 6.07) is 0.953. The Morgan fingerprint density at radius 2 is 1.90 bits per heavy atom. The molecule has 112 valence electrons. The SMILES string of the molecule is COC(=O)C(C)(C)[C@H](N)c1cc(OC)c(O)c(Br)c1Br. The third-order valence-corrected chi connectivity index (χ3v) is 5.38. The van der Waals surface area contributed by atoms with E-state index < -0.39 is 17.4 Å². The van der Waals surface area contributed by atoms with Gasteiger partial charge in [-0.25, -0.2) is 0 Å². The quantitative estimate of drug-likeness (QED) is 0.745. The van der Waals surface area contributed by atoms with Crippen LogP contribution in [0.5, 0.6) is 11.5 Å². The van der Waals surface area contributed by atoms with Crippen molar-refractivity contribution >= 4 is 37.8 Å². The van der Waals surface area contributed by atoms with Gasteiger partial charge in [0.05, 0.1) is 24.1 Å². The molecule has 0 saturated heterocycles. The lowest BCUT2D eigenvalue weighted by molar-refractivity contribution is -0.152. The Bertz CT molecular complexity index is 532. The molecule has 1 rings (SSSR count). The minimum absolute atomic E-state index is 0.0359. The Morgan fingerprint density at radius 1 is 1.35 bits per heavy atom. The van der Waals surface area contributed by atoms with Crippen LogP contribution in [0.2, 0.25) is 0 Å². The summed E-state index contributed by atoms with van der Waals surface area (Å²) in [5.74, 6) is -0.183. The van der Waals surface area contributed by atoms with E-state index in [1.54, 1.807) is 19.9 Å². The molecule has 1 atom stereocenters. The number of phenols is 1. The third-order valence-electron chi connectivity index (χ3n) is 3.22. The third kappa shape index (κ3) is 2.94. The number of methoxy groups -OCH3 is 2. The molecule has 0 amide bonds. The van der Waals surface area contributed by atoms with Crippen molar-refractivity contribution < 1.29 is 19.4 Å². The Hall–Kier alpha value is -0.790. The maximum atomic E-state index is 11.9. The van der Waals surface area contributed by atoms with E-state index in [0.717, 1.165) is 0 Å². The first kappa shape index (κ1) is 17.3. The van der Waals surface area contributed by atoms with Crippen molar-refractivity contribution in [2.24, 2.45) is 11.1 Å². The minimum Gasteiger partial charge on any atom is -0.503 e. The molecule has 1 aromatic rings. The molecule has 0 heterocycles. The summed E-state index contributed by atoms with van der Waals surface area (Å²) in [7, 11) is 2.76. The highest BCUT2D eigenvalue weighted by Crippen LogP contribution is 2.46. The van der Waals surface area contributed by atoms with E-state index in [0.29, 0.717) is 14.5 Å². The van der Waals surface area contributed by atoms with E-state index in [1.165, 1.54) is 14.2 Å². The number of aromatic hydroxyl groups is 1. The molecular formula is C13H17Br2NO4. The van der Waals surface area contributed by atoms with Gasteiger partial charge >= 0.3 is 5.97 Å². The number of carbonyl (C=O) groups excluding carboxylic acids is 1. The summed E-state index contributed by atoms with van der Waals surface area (Å²) in [5.41, 5.74) is 5.90. The molecule has 0 unspecified atom stereocenters. The van der Waals surface area contributed by atoms with E-state index in [-0.39, 0.29) is 11.5 Å². The Kier molecular flexibility index (Phi) is 5.46. The lowest BCUT2D eigenvalue weighted by Crippen LogP contribution is -2.37. The molecule has 3 N–H and O–H groups in total. The molecule has 0 spiro atoms. The summed E-state index contributed by atoms with van der Waals surface area (Å²) in [6.07, 6.45) is 0. The van der Waals surface area contributed by atoms with Crippen molar-refractivity contribution in [1.29, 1.82) is 0 Å². The van der Waals surface area contributed by atoms with Gasteiger partial charge in [0.2, 0.25) is 0 Å². The van der Waals surface area contributed by atoms with Crippen molar-refractivity contribution in [2.75, 3.05) is 14.2 Å². The van der Waals surface area contributed by atoms with Gasteiger partial charge in [0.1, 0.15) is 0 Å². The number of rotatable bonds is 4. The fourth-order valence-corrected chi connectivity index (χ4v) is 2.75. The molecule has 0 aliphatic carbocycles. The first-order valence-electron chi connectivity index (χ1n) is 5.77. The highest BCUT2D eigenvalue weighted by molar-refractivity contribution is 9.13. The standard InChI is InChI=1S/C13H17Br2NO4/c1-13(2,12(18)20-4)11(16)6-5-7(19-3)10(17)9(15)8(6)14/h5,11,17H,16H2,1-4H3/t11-/m1/s1. The van der Waals surface area contributed by atoms with Crippen molar-refractivity contribution in [3.05, 3.63) is 20.6 Å². The number of hydrogen-bond acceptors (Lipinski definition) is 5. The average Bonchev–Trinajstić information content (AvgIpc) is 2.43. The van der Waals surface area contributed by atoms with Gasteiger partial charge in [0.15, 0.2) is 11.5 Å². The number of esters is 1. The lowest BCUT2D eigenvalue weighted by atomic mass is 9.81. The molecule has 0 saturated carbocycles. The van der Waals surface area contributed by atoms with E-state index in [9.17, 15) is 9.90 Å². The zero-order valence-electron chi connectivity index (χ0n) is 11.7. The van der Waals surface area contributed by atoms with Crippen LogP contribution in [0.3, 0.4) is 0 Å². The van der Waals surface area contributed by atoms with Crippen LogP contribution in [0.15, 0.2) is 15.0 Å². The number of carbonyl (C=O) groups is 1. The van der Waals surface area contributed by atoms with Crippen LogP contribution in [0, 0.1) is 5.41 Å². The van der Waals surface area contributed by atoms with Crippen LogP contribution in [-0.2, 0) is 9.53 Å². The van der Waals surface area contributed by atoms with Crippen molar-refractivity contribution in [3.8, 4) is 11.5 Å². The monoisotopic (exact) mass is 409 g/mol. The van der Waals surface area contributed by atoms with E-state index >= 15 is 0 Å². The second-order valence-corrected chi connectivity index (χ2v) is 6.42. The topological polar surface area (TPSA) is 81.8 Å². The van der Waals surface area contributed by atoms with Gasteiger partial charge in [-0.2, -0.15) is 0 Å². The summed E-state index contributed by atoms with van der Waals surface area (Å²) in [4.78, 5) is 11.9. The number of nitrogens with two attached hydrogens (primary N) is 1. The maximum Gasteiger partial charge on any atom is 0.313 e. The predicted octanol–water partition coefficient (Wildman–Crippen LogP) is 3.12. The van der Waals surface area contributed by atoms with Gasteiger partial charge in [-0.3, -0.25) is 4.79 Å². The minimum atomic E-state index is -0.932. The van der Waals surface area contributed by atoms with Crippen LogP contribution in [0.25, 0.3) is 0 Å². The molecule has 0 aliphatic heterocycles. The molecule has 0 aromatic heterocycles. The van der Waals surface area contributed by atoms with Gasteiger partial charge in [0.25, 0.3) is 0 Å². The number of ether oxygens (including phenoxy) is 2. The summed E-state index contributed by atoms with van der Waals surface area (Å²) < 4.78 is 10.9. The highest BCUT2D eigenvalue weighted by atomic mass is 79.9. The predicted molar refractivity (Wildman–Crippen MR) is 82.8 cm³/mol.